The first-order valence-electron chi connectivity index (χ1n) is 8.50. The van der Waals surface area contributed by atoms with Crippen LogP contribution in [0.3, 0.4) is 0 Å². The highest BCUT2D eigenvalue weighted by molar-refractivity contribution is 5.82. The van der Waals surface area contributed by atoms with E-state index in [0.29, 0.717) is 17.0 Å². The quantitative estimate of drug-likeness (QED) is 0.850. The molecule has 1 N–H and O–H groups in total. The number of nitrogens with one attached hydrogen (secondary N) is 1. The third-order valence-corrected chi connectivity index (χ3v) is 4.83. The second-order valence-corrected chi connectivity index (χ2v) is 6.98. The van der Waals surface area contributed by atoms with Gasteiger partial charge in [0.25, 0.3) is 5.56 Å². The molecule has 0 unspecified atom stereocenters. The molecule has 3 heterocycles. The second kappa shape index (κ2) is 6.08. The number of methoxy groups -OCH3 is 2. The molecule has 1 aromatic heterocycles. The molecule has 9 heteroatoms. The number of ether oxygens (including phenoxy) is 5. The van der Waals surface area contributed by atoms with E-state index in [4.69, 9.17) is 23.7 Å². The molecule has 2 saturated heterocycles. The van der Waals surface area contributed by atoms with Gasteiger partial charge in [-0.2, -0.15) is 0 Å². The standard InChI is InChI=1S/C18H21N2O7/c1-8-13-14(27-18(2,3)26-13)16(25-8)20-10-7-12(24-5)11(23-4)6-9(10)15(21)19-17(20)22/h6-8,13-14,16H,1H2,2-5H3,(H,19,21,22)/t8-,13-,14-,16-/m1/s1. The monoisotopic (exact) mass is 377 g/mol. The summed E-state index contributed by atoms with van der Waals surface area (Å²) >= 11 is 0. The van der Waals surface area contributed by atoms with Crippen LogP contribution in [0.15, 0.2) is 21.7 Å². The lowest BCUT2D eigenvalue weighted by Gasteiger charge is -2.25. The smallest absolute Gasteiger partial charge is 0.331 e. The molecule has 0 amide bonds. The van der Waals surface area contributed by atoms with Crippen LogP contribution in [0.4, 0.5) is 0 Å². The van der Waals surface area contributed by atoms with E-state index in [0.717, 1.165) is 0 Å². The number of aromatic amines is 1. The van der Waals surface area contributed by atoms with Gasteiger partial charge in [-0.1, -0.05) is 0 Å². The lowest BCUT2D eigenvalue weighted by atomic mass is 10.1. The fourth-order valence-electron chi connectivity index (χ4n) is 3.70. The second-order valence-electron chi connectivity index (χ2n) is 6.98. The van der Waals surface area contributed by atoms with Crippen LogP contribution in [0.25, 0.3) is 10.9 Å². The van der Waals surface area contributed by atoms with E-state index in [-0.39, 0.29) is 5.39 Å². The normalized spacial score (nSPS) is 29.1. The van der Waals surface area contributed by atoms with E-state index in [9.17, 15) is 9.59 Å². The van der Waals surface area contributed by atoms with Crippen molar-refractivity contribution in [1.29, 1.82) is 0 Å². The maximum absolute atomic E-state index is 12.7. The number of fused-ring (bicyclic) bond motifs is 2. The van der Waals surface area contributed by atoms with Gasteiger partial charge >= 0.3 is 5.69 Å². The van der Waals surface area contributed by atoms with Crippen molar-refractivity contribution in [2.75, 3.05) is 14.2 Å². The molecular weight excluding hydrogens is 356 g/mol. The predicted octanol–water partition coefficient (Wildman–Crippen LogP) is 0.959. The van der Waals surface area contributed by atoms with Gasteiger partial charge in [0.05, 0.1) is 31.2 Å². The summed E-state index contributed by atoms with van der Waals surface area (Å²) in [5.41, 5.74) is -0.810. The van der Waals surface area contributed by atoms with E-state index in [2.05, 4.69) is 11.9 Å². The van der Waals surface area contributed by atoms with Gasteiger partial charge in [-0.3, -0.25) is 14.3 Å². The van der Waals surface area contributed by atoms with E-state index >= 15 is 0 Å². The Hall–Kier alpha value is -2.36. The minimum Gasteiger partial charge on any atom is -0.493 e. The summed E-state index contributed by atoms with van der Waals surface area (Å²) in [5, 5.41) is 0.262. The SMILES string of the molecule is [CH2][C@H]1O[C@@H](n2c(=O)[nH]c(=O)c3cc(OC)c(OC)cc32)[C@@H]2OC(C)(C)O[C@@H]21. The first-order chi connectivity index (χ1) is 12.8. The van der Waals surface area contributed by atoms with Crippen LogP contribution in [0.1, 0.15) is 20.1 Å². The Labute approximate surface area is 154 Å². The molecule has 2 aromatic rings. The van der Waals surface area contributed by atoms with Crippen LogP contribution >= 0.6 is 0 Å². The summed E-state index contributed by atoms with van der Waals surface area (Å²) in [6.45, 7) is 7.53. The molecule has 2 aliphatic rings. The van der Waals surface area contributed by atoms with Crippen LogP contribution in [0.5, 0.6) is 11.5 Å². The zero-order valence-electron chi connectivity index (χ0n) is 15.5. The topological polar surface area (TPSA) is 101 Å². The van der Waals surface area contributed by atoms with Crippen LogP contribution < -0.4 is 20.7 Å². The molecular formula is C18H21N2O7. The lowest BCUT2D eigenvalue weighted by Crippen LogP contribution is -2.38. The largest absolute Gasteiger partial charge is 0.493 e. The molecule has 27 heavy (non-hydrogen) atoms. The average Bonchev–Trinajstić information content (AvgIpc) is 3.08. The molecule has 145 valence electrons. The highest BCUT2D eigenvalue weighted by atomic mass is 16.8. The molecule has 1 aromatic carbocycles. The van der Waals surface area contributed by atoms with Gasteiger partial charge in [0, 0.05) is 6.07 Å². The number of benzene rings is 1. The van der Waals surface area contributed by atoms with Gasteiger partial charge in [-0.05, 0) is 26.8 Å². The summed E-state index contributed by atoms with van der Waals surface area (Å²) in [7, 11) is 2.95. The van der Waals surface area contributed by atoms with E-state index in [1.165, 1.54) is 24.9 Å². The molecule has 4 rings (SSSR count). The predicted molar refractivity (Wildman–Crippen MR) is 95.0 cm³/mol. The highest BCUT2D eigenvalue weighted by Gasteiger charge is 2.55. The first-order valence-corrected chi connectivity index (χ1v) is 8.50. The minimum atomic E-state index is -0.824. The molecule has 0 spiro atoms. The van der Waals surface area contributed by atoms with Gasteiger partial charge in [-0.15, -0.1) is 0 Å². The van der Waals surface area contributed by atoms with Crippen LogP contribution in [-0.4, -0.2) is 47.9 Å². The molecule has 1 radical (unpaired) electrons. The Morgan fingerprint density at radius 1 is 1.11 bits per heavy atom. The molecule has 2 aliphatic heterocycles. The number of aromatic nitrogens is 2. The maximum atomic E-state index is 12.7. The van der Waals surface area contributed by atoms with Crippen molar-refractivity contribution in [2.45, 2.75) is 44.2 Å². The molecule has 2 fully saturated rings. The van der Waals surface area contributed by atoms with Crippen molar-refractivity contribution in [1.82, 2.24) is 9.55 Å². The van der Waals surface area contributed by atoms with Crippen molar-refractivity contribution in [2.24, 2.45) is 0 Å². The Morgan fingerprint density at radius 2 is 1.74 bits per heavy atom. The van der Waals surface area contributed by atoms with E-state index in [1.807, 2.05) is 0 Å². The molecule has 4 atom stereocenters. The Kier molecular flexibility index (Phi) is 4.06. The molecule has 0 bridgehead atoms. The fraction of sp³-hybridized carbons (Fsp3) is 0.500. The van der Waals surface area contributed by atoms with Gasteiger partial charge in [-0.25, -0.2) is 4.79 Å². The third-order valence-electron chi connectivity index (χ3n) is 4.83. The minimum absolute atomic E-state index is 0.262. The van der Waals surface area contributed by atoms with Gasteiger partial charge in [0.2, 0.25) is 0 Å². The zero-order chi connectivity index (χ0) is 19.5. The molecule has 9 nitrogen and oxygen atoms in total. The van der Waals surface area contributed by atoms with Gasteiger partial charge in [0.15, 0.2) is 23.5 Å². The van der Waals surface area contributed by atoms with Crippen LogP contribution in [0, 0.1) is 6.92 Å². The summed E-state index contributed by atoms with van der Waals surface area (Å²) < 4.78 is 29.6. The fourth-order valence-corrected chi connectivity index (χ4v) is 3.70. The van der Waals surface area contributed by atoms with Crippen molar-refractivity contribution in [3.05, 3.63) is 39.9 Å². The molecule has 0 saturated carbocycles. The van der Waals surface area contributed by atoms with Gasteiger partial charge in [0.1, 0.15) is 12.2 Å². The highest BCUT2D eigenvalue weighted by Crippen LogP contribution is 2.43. The first kappa shape index (κ1) is 18.0. The molecule has 0 aliphatic carbocycles. The summed E-state index contributed by atoms with van der Waals surface area (Å²) in [6.07, 6.45) is -2.33. The summed E-state index contributed by atoms with van der Waals surface area (Å²) in [5.74, 6) is -0.0635. The van der Waals surface area contributed by atoms with E-state index in [1.54, 1.807) is 19.9 Å². The number of hydrogen-bond acceptors (Lipinski definition) is 7. The van der Waals surface area contributed by atoms with Crippen molar-refractivity contribution in [3.63, 3.8) is 0 Å². The summed E-state index contributed by atoms with van der Waals surface area (Å²) in [4.78, 5) is 27.4. The van der Waals surface area contributed by atoms with Crippen molar-refractivity contribution in [3.8, 4) is 11.5 Å². The zero-order valence-corrected chi connectivity index (χ0v) is 15.5. The van der Waals surface area contributed by atoms with Gasteiger partial charge < -0.3 is 23.7 Å². The average molecular weight is 377 g/mol. The Balaban J connectivity index is 1.94. The third kappa shape index (κ3) is 2.73. The number of hydrogen-bond donors (Lipinski definition) is 1. The van der Waals surface area contributed by atoms with Crippen molar-refractivity contribution >= 4 is 10.9 Å². The summed E-state index contributed by atoms with van der Waals surface area (Å²) in [6, 6.07) is 3.09. The van der Waals surface area contributed by atoms with Crippen LogP contribution in [-0.2, 0) is 14.2 Å². The van der Waals surface area contributed by atoms with Crippen molar-refractivity contribution < 1.29 is 23.7 Å². The number of rotatable bonds is 3. The van der Waals surface area contributed by atoms with E-state index < -0.39 is 41.6 Å². The number of H-pyrrole nitrogens is 1. The van der Waals surface area contributed by atoms with Crippen LogP contribution in [0.2, 0.25) is 0 Å². The Bertz CT molecular complexity index is 1010. The number of nitrogens with zero attached hydrogens (tertiary/aromatic N) is 1. The maximum Gasteiger partial charge on any atom is 0.331 e. The Morgan fingerprint density at radius 3 is 2.41 bits per heavy atom. The lowest BCUT2D eigenvalue weighted by molar-refractivity contribution is -0.191.